The molecule has 24 heavy (non-hydrogen) atoms. The monoisotopic (exact) mass is 326 g/mol. The van der Waals surface area contributed by atoms with Crippen LogP contribution in [0.4, 0.5) is 0 Å². The third-order valence-electron chi connectivity index (χ3n) is 4.12. The molecule has 2 unspecified atom stereocenters. The van der Waals surface area contributed by atoms with Crippen molar-refractivity contribution in [3.63, 3.8) is 0 Å². The Morgan fingerprint density at radius 1 is 1.21 bits per heavy atom. The van der Waals surface area contributed by atoms with Crippen molar-refractivity contribution in [2.45, 2.75) is 19.1 Å². The highest BCUT2D eigenvalue weighted by Crippen LogP contribution is 2.31. The lowest BCUT2D eigenvalue weighted by atomic mass is 10.0. The summed E-state index contributed by atoms with van der Waals surface area (Å²) in [6.07, 6.45) is -0.209. The first-order chi connectivity index (χ1) is 11.5. The van der Waals surface area contributed by atoms with E-state index in [0.29, 0.717) is 18.9 Å². The van der Waals surface area contributed by atoms with Crippen LogP contribution in [0.1, 0.15) is 17.2 Å². The van der Waals surface area contributed by atoms with Crippen LogP contribution in [0, 0.1) is 6.92 Å². The molecule has 2 aromatic rings. The van der Waals surface area contributed by atoms with Crippen molar-refractivity contribution in [3.8, 4) is 11.5 Å². The first-order valence-corrected chi connectivity index (χ1v) is 8.00. The van der Waals surface area contributed by atoms with Crippen molar-refractivity contribution in [1.29, 1.82) is 0 Å². The normalized spacial score (nSPS) is 17.2. The Hall–Kier alpha value is -2.53. The predicted octanol–water partition coefficient (Wildman–Crippen LogP) is 2.29. The fraction of sp³-hybridized carbons (Fsp3) is 0.316. The fourth-order valence-electron chi connectivity index (χ4n) is 2.70. The smallest absolute Gasteiger partial charge is 0.243 e. The van der Waals surface area contributed by atoms with Gasteiger partial charge in [-0.2, -0.15) is 0 Å². The first-order valence-electron chi connectivity index (χ1n) is 8.00. The van der Waals surface area contributed by atoms with Crippen LogP contribution in [-0.4, -0.2) is 37.1 Å². The predicted molar refractivity (Wildman–Crippen MR) is 92.1 cm³/mol. The number of amides is 1. The lowest BCUT2D eigenvalue weighted by Gasteiger charge is -2.30. The topological polar surface area (TPSA) is 64.8 Å². The van der Waals surface area contributed by atoms with E-state index >= 15 is 0 Å². The quantitative estimate of drug-likeness (QED) is 0.936. The Morgan fingerprint density at radius 3 is 2.58 bits per heavy atom. The summed E-state index contributed by atoms with van der Waals surface area (Å²) in [5.74, 6) is 1.30. The summed E-state index contributed by atoms with van der Waals surface area (Å²) in [7, 11) is 1.74. The molecule has 1 heterocycles. The number of nitrogens with two attached hydrogens (primary N) is 1. The SMILES string of the molecule is Cc1ccc(C(N)C(=O)N(C)CC2COc3ccccc3O2)cc1. The molecule has 2 aromatic carbocycles. The molecule has 126 valence electrons. The molecule has 2 N–H and O–H groups in total. The maximum absolute atomic E-state index is 12.6. The highest BCUT2D eigenvalue weighted by Gasteiger charge is 2.26. The van der Waals surface area contributed by atoms with Crippen molar-refractivity contribution in [3.05, 3.63) is 59.7 Å². The number of aryl methyl sites for hydroxylation is 1. The first kappa shape index (κ1) is 16.3. The molecule has 0 radical (unpaired) electrons. The second kappa shape index (κ2) is 6.93. The van der Waals surface area contributed by atoms with Crippen LogP contribution in [-0.2, 0) is 4.79 Å². The van der Waals surface area contributed by atoms with Gasteiger partial charge in [-0.05, 0) is 24.6 Å². The van der Waals surface area contributed by atoms with Crippen molar-refractivity contribution >= 4 is 5.91 Å². The lowest BCUT2D eigenvalue weighted by molar-refractivity contribution is -0.132. The molecule has 5 nitrogen and oxygen atoms in total. The average molecular weight is 326 g/mol. The fourth-order valence-corrected chi connectivity index (χ4v) is 2.70. The molecule has 5 heteroatoms. The summed E-state index contributed by atoms with van der Waals surface area (Å²) < 4.78 is 11.6. The number of para-hydroxylation sites is 2. The van der Waals surface area contributed by atoms with Gasteiger partial charge in [0.25, 0.3) is 0 Å². The number of fused-ring (bicyclic) bond motifs is 1. The van der Waals surface area contributed by atoms with E-state index in [4.69, 9.17) is 15.2 Å². The highest BCUT2D eigenvalue weighted by molar-refractivity contribution is 5.82. The summed E-state index contributed by atoms with van der Waals surface area (Å²) in [5.41, 5.74) is 8.05. The lowest BCUT2D eigenvalue weighted by Crippen LogP contribution is -2.44. The van der Waals surface area contributed by atoms with Crippen molar-refractivity contribution in [1.82, 2.24) is 4.90 Å². The van der Waals surface area contributed by atoms with Gasteiger partial charge in [-0.1, -0.05) is 42.0 Å². The van der Waals surface area contributed by atoms with Crippen LogP contribution in [0.2, 0.25) is 0 Å². The van der Waals surface area contributed by atoms with E-state index in [9.17, 15) is 4.79 Å². The third-order valence-corrected chi connectivity index (χ3v) is 4.12. The number of hydrogen-bond donors (Lipinski definition) is 1. The maximum atomic E-state index is 12.6. The van der Waals surface area contributed by atoms with Crippen LogP contribution >= 0.6 is 0 Å². The largest absolute Gasteiger partial charge is 0.486 e. The molecule has 0 aliphatic carbocycles. The molecule has 0 fully saturated rings. The molecular weight excluding hydrogens is 304 g/mol. The van der Waals surface area contributed by atoms with Gasteiger partial charge >= 0.3 is 0 Å². The molecule has 1 aliphatic rings. The number of nitrogens with zero attached hydrogens (tertiary/aromatic N) is 1. The minimum absolute atomic E-state index is 0.138. The molecule has 0 bridgehead atoms. The van der Waals surface area contributed by atoms with Gasteiger partial charge in [-0.3, -0.25) is 4.79 Å². The van der Waals surface area contributed by atoms with Crippen molar-refractivity contribution < 1.29 is 14.3 Å². The number of carbonyl (C=O) groups excluding carboxylic acids is 1. The van der Waals surface area contributed by atoms with E-state index in [-0.39, 0.29) is 12.0 Å². The molecular formula is C19H22N2O3. The summed E-state index contributed by atoms with van der Waals surface area (Å²) >= 11 is 0. The molecule has 0 saturated heterocycles. The van der Waals surface area contributed by atoms with Gasteiger partial charge in [-0.15, -0.1) is 0 Å². The Morgan fingerprint density at radius 2 is 1.88 bits per heavy atom. The number of likely N-dealkylation sites (N-methyl/N-ethyl adjacent to an activating group) is 1. The maximum Gasteiger partial charge on any atom is 0.243 e. The standard InChI is InChI=1S/C19H22N2O3/c1-13-7-9-14(10-8-13)18(20)19(22)21(2)11-15-12-23-16-5-3-4-6-17(16)24-15/h3-10,15,18H,11-12,20H2,1-2H3. The van der Waals surface area contributed by atoms with Gasteiger partial charge in [0.15, 0.2) is 17.6 Å². The van der Waals surface area contributed by atoms with Gasteiger partial charge in [0.2, 0.25) is 5.91 Å². The average Bonchev–Trinajstić information content (AvgIpc) is 2.61. The van der Waals surface area contributed by atoms with E-state index in [1.165, 1.54) is 0 Å². The van der Waals surface area contributed by atoms with Crippen molar-refractivity contribution in [2.75, 3.05) is 20.2 Å². The zero-order chi connectivity index (χ0) is 17.1. The number of ether oxygens (including phenoxy) is 2. The molecule has 1 aliphatic heterocycles. The molecule has 0 saturated carbocycles. The van der Waals surface area contributed by atoms with E-state index < -0.39 is 6.04 Å². The summed E-state index contributed by atoms with van der Waals surface area (Å²) in [6.45, 7) is 2.84. The summed E-state index contributed by atoms with van der Waals surface area (Å²) in [6, 6.07) is 14.5. The highest BCUT2D eigenvalue weighted by atomic mass is 16.6. The minimum Gasteiger partial charge on any atom is -0.486 e. The van der Waals surface area contributed by atoms with Gasteiger partial charge < -0.3 is 20.1 Å². The number of benzene rings is 2. The second-order valence-corrected chi connectivity index (χ2v) is 6.10. The number of rotatable bonds is 4. The molecule has 1 amide bonds. The minimum atomic E-state index is -0.674. The summed E-state index contributed by atoms with van der Waals surface area (Å²) in [5, 5.41) is 0. The Labute approximate surface area is 142 Å². The summed E-state index contributed by atoms with van der Waals surface area (Å²) in [4.78, 5) is 14.2. The van der Waals surface area contributed by atoms with E-state index in [0.717, 1.165) is 16.9 Å². The Balaban J connectivity index is 1.61. The number of hydrogen-bond acceptors (Lipinski definition) is 4. The van der Waals surface area contributed by atoms with Crippen LogP contribution in [0.15, 0.2) is 48.5 Å². The Kier molecular flexibility index (Phi) is 4.71. The molecule has 2 atom stereocenters. The molecule has 3 rings (SSSR count). The zero-order valence-electron chi connectivity index (χ0n) is 13.9. The van der Waals surface area contributed by atoms with Gasteiger partial charge in [0.05, 0.1) is 6.54 Å². The van der Waals surface area contributed by atoms with Gasteiger partial charge in [-0.25, -0.2) is 0 Å². The second-order valence-electron chi connectivity index (χ2n) is 6.10. The van der Waals surface area contributed by atoms with Crippen LogP contribution in [0.3, 0.4) is 0 Å². The van der Waals surface area contributed by atoms with Gasteiger partial charge in [0, 0.05) is 7.05 Å². The molecule has 0 aromatic heterocycles. The number of carbonyl (C=O) groups is 1. The van der Waals surface area contributed by atoms with E-state index in [1.54, 1.807) is 11.9 Å². The van der Waals surface area contributed by atoms with Crippen LogP contribution in [0.25, 0.3) is 0 Å². The van der Waals surface area contributed by atoms with E-state index in [2.05, 4.69) is 0 Å². The van der Waals surface area contributed by atoms with Gasteiger partial charge in [0.1, 0.15) is 12.6 Å². The Bertz CT molecular complexity index is 715. The van der Waals surface area contributed by atoms with Crippen molar-refractivity contribution in [2.24, 2.45) is 5.73 Å². The van der Waals surface area contributed by atoms with Crippen LogP contribution in [0.5, 0.6) is 11.5 Å². The zero-order valence-corrected chi connectivity index (χ0v) is 13.9. The van der Waals surface area contributed by atoms with E-state index in [1.807, 2.05) is 55.5 Å². The van der Waals surface area contributed by atoms with Crippen LogP contribution < -0.4 is 15.2 Å². The third kappa shape index (κ3) is 3.51. The molecule has 0 spiro atoms.